The van der Waals surface area contributed by atoms with E-state index >= 15 is 0 Å². The van der Waals surface area contributed by atoms with Gasteiger partial charge >= 0.3 is 0 Å². The van der Waals surface area contributed by atoms with E-state index in [4.69, 9.17) is 20.6 Å². The van der Waals surface area contributed by atoms with Crippen molar-refractivity contribution < 1.29 is 4.74 Å². The molecule has 1 saturated carbocycles. The minimum atomic E-state index is 0.0723. The molecule has 0 saturated heterocycles. The minimum absolute atomic E-state index is 0.0723. The number of rotatable bonds is 5. The summed E-state index contributed by atoms with van der Waals surface area (Å²) in [5.41, 5.74) is 9.77. The maximum absolute atomic E-state index is 6.24. The van der Waals surface area contributed by atoms with Crippen LogP contribution in [0.4, 0.5) is 0 Å². The summed E-state index contributed by atoms with van der Waals surface area (Å²) in [7, 11) is 1.75. The topological polar surface area (TPSA) is 66.0 Å². The SMILES string of the molecule is CO[C@@H]1C[C@@H](c2nc(-c3ccccc3)nn2Cc2cccc(C)c2)CC[C@H]1N. The van der Waals surface area contributed by atoms with Crippen LogP contribution in [0.25, 0.3) is 11.4 Å². The summed E-state index contributed by atoms with van der Waals surface area (Å²) in [5, 5.41) is 4.88. The van der Waals surface area contributed by atoms with Crippen molar-refractivity contribution in [2.75, 3.05) is 7.11 Å². The molecule has 0 bridgehead atoms. The van der Waals surface area contributed by atoms with E-state index in [0.717, 1.165) is 43.0 Å². The Kier molecular flexibility index (Phi) is 5.55. The summed E-state index contributed by atoms with van der Waals surface area (Å²) in [6.07, 6.45) is 2.92. The summed E-state index contributed by atoms with van der Waals surface area (Å²) >= 11 is 0. The van der Waals surface area contributed by atoms with Gasteiger partial charge in [-0.3, -0.25) is 0 Å². The molecule has 1 aliphatic carbocycles. The van der Waals surface area contributed by atoms with Gasteiger partial charge in [0.25, 0.3) is 0 Å². The normalized spacial score (nSPS) is 22.3. The van der Waals surface area contributed by atoms with E-state index in [1.165, 1.54) is 11.1 Å². The highest BCUT2D eigenvalue weighted by molar-refractivity contribution is 5.54. The molecule has 3 atom stereocenters. The molecule has 28 heavy (non-hydrogen) atoms. The average molecular weight is 377 g/mol. The fraction of sp³-hybridized carbons (Fsp3) is 0.391. The molecule has 2 aromatic carbocycles. The van der Waals surface area contributed by atoms with Crippen LogP contribution in [0, 0.1) is 6.92 Å². The summed E-state index contributed by atoms with van der Waals surface area (Å²) in [6.45, 7) is 2.84. The second kappa shape index (κ2) is 8.25. The van der Waals surface area contributed by atoms with Gasteiger partial charge in [-0.15, -0.1) is 0 Å². The van der Waals surface area contributed by atoms with Crippen LogP contribution in [0.5, 0.6) is 0 Å². The number of aryl methyl sites for hydroxylation is 1. The lowest BCUT2D eigenvalue weighted by atomic mass is 9.83. The Morgan fingerprint density at radius 3 is 2.68 bits per heavy atom. The quantitative estimate of drug-likeness (QED) is 0.733. The van der Waals surface area contributed by atoms with Gasteiger partial charge in [-0.25, -0.2) is 9.67 Å². The summed E-state index contributed by atoms with van der Waals surface area (Å²) < 4.78 is 7.71. The van der Waals surface area contributed by atoms with Crippen molar-refractivity contribution >= 4 is 0 Å². The smallest absolute Gasteiger partial charge is 0.181 e. The zero-order valence-electron chi connectivity index (χ0n) is 16.6. The maximum Gasteiger partial charge on any atom is 0.181 e. The van der Waals surface area contributed by atoms with Gasteiger partial charge in [0.2, 0.25) is 0 Å². The second-order valence-corrected chi connectivity index (χ2v) is 7.75. The van der Waals surface area contributed by atoms with Crippen LogP contribution in [0.2, 0.25) is 0 Å². The fourth-order valence-electron chi connectivity index (χ4n) is 4.12. The number of methoxy groups -OCH3 is 1. The molecule has 0 aliphatic heterocycles. The van der Waals surface area contributed by atoms with E-state index in [0.29, 0.717) is 5.92 Å². The summed E-state index contributed by atoms with van der Waals surface area (Å²) in [4.78, 5) is 4.97. The number of nitrogens with two attached hydrogens (primary N) is 1. The third-order valence-corrected chi connectivity index (χ3v) is 5.66. The highest BCUT2D eigenvalue weighted by Crippen LogP contribution is 2.34. The van der Waals surface area contributed by atoms with Gasteiger partial charge < -0.3 is 10.5 Å². The summed E-state index contributed by atoms with van der Waals surface area (Å²) in [6, 6.07) is 18.9. The van der Waals surface area contributed by atoms with E-state index in [9.17, 15) is 0 Å². The van der Waals surface area contributed by atoms with E-state index in [-0.39, 0.29) is 12.1 Å². The molecule has 4 rings (SSSR count). The lowest BCUT2D eigenvalue weighted by molar-refractivity contribution is 0.0456. The molecule has 1 aromatic heterocycles. The van der Waals surface area contributed by atoms with Crippen molar-refractivity contribution in [1.29, 1.82) is 0 Å². The van der Waals surface area contributed by atoms with E-state index < -0.39 is 0 Å². The summed E-state index contributed by atoms with van der Waals surface area (Å²) in [5.74, 6) is 2.13. The van der Waals surface area contributed by atoms with E-state index in [2.05, 4.69) is 48.0 Å². The van der Waals surface area contributed by atoms with Crippen LogP contribution in [0.3, 0.4) is 0 Å². The zero-order valence-corrected chi connectivity index (χ0v) is 16.6. The van der Waals surface area contributed by atoms with Crippen LogP contribution >= 0.6 is 0 Å². The number of aromatic nitrogens is 3. The number of ether oxygens (including phenoxy) is 1. The van der Waals surface area contributed by atoms with Crippen LogP contribution in [-0.2, 0) is 11.3 Å². The average Bonchev–Trinajstić information content (AvgIpc) is 3.13. The lowest BCUT2D eigenvalue weighted by Crippen LogP contribution is -2.41. The van der Waals surface area contributed by atoms with Crippen LogP contribution in [0.1, 0.15) is 42.1 Å². The molecular formula is C23H28N4O. The monoisotopic (exact) mass is 376 g/mol. The van der Waals surface area contributed by atoms with E-state index in [1.54, 1.807) is 7.11 Å². The van der Waals surface area contributed by atoms with Crippen molar-refractivity contribution in [3.8, 4) is 11.4 Å². The van der Waals surface area contributed by atoms with Crippen molar-refractivity contribution in [2.45, 2.75) is 50.8 Å². The molecule has 5 nitrogen and oxygen atoms in total. The molecule has 1 aliphatic rings. The van der Waals surface area contributed by atoms with E-state index in [1.807, 2.05) is 18.2 Å². The molecule has 5 heteroatoms. The standard InChI is InChI=1S/C23H28N4O/c1-16-7-6-8-17(13-16)15-27-23(19-11-12-20(24)21(14-19)28-2)25-22(26-27)18-9-4-3-5-10-18/h3-10,13,19-21H,11-12,14-15,24H2,1-2H3/t19-,20+,21+/m0/s1. The van der Waals surface area contributed by atoms with Gasteiger partial charge in [-0.1, -0.05) is 60.2 Å². The molecule has 0 amide bonds. The Bertz CT molecular complexity index is 921. The van der Waals surface area contributed by atoms with Crippen molar-refractivity contribution in [2.24, 2.45) is 5.73 Å². The first-order valence-electron chi connectivity index (χ1n) is 9.98. The largest absolute Gasteiger partial charge is 0.380 e. The molecule has 0 radical (unpaired) electrons. The van der Waals surface area contributed by atoms with Gasteiger partial charge in [0.15, 0.2) is 5.82 Å². The predicted molar refractivity (Wildman–Crippen MR) is 111 cm³/mol. The molecule has 146 valence electrons. The molecule has 1 fully saturated rings. The van der Waals surface area contributed by atoms with Gasteiger partial charge in [-0.05, 0) is 31.7 Å². The van der Waals surface area contributed by atoms with Crippen molar-refractivity contribution in [3.05, 3.63) is 71.5 Å². The van der Waals surface area contributed by atoms with Crippen LogP contribution < -0.4 is 5.73 Å². The first-order valence-corrected chi connectivity index (χ1v) is 9.98. The Morgan fingerprint density at radius 2 is 1.93 bits per heavy atom. The molecule has 3 aromatic rings. The number of benzene rings is 2. The highest BCUT2D eigenvalue weighted by Gasteiger charge is 2.32. The highest BCUT2D eigenvalue weighted by atomic mass is 16.5. The molecule has 2 N–H and O–H groups in total. The Labute approximate surface area is 166 Å². The molecular weight excluding hydrogens is 348 g/mol. The number of nitrogens with zero attached hydrogens (tertiary/aromatic N) is 3. The van der Waals surface area contributed by atoms with Crippen LogP contribution in [-0.4, -0.2) is 34.0 Å². The van der Waals surface area contributed by atoms with Crippen molar-refractivity contribution in [3.63, 3.8) is 0 Å². The Morgan fingerprint density at radius 1 is 1.11 bits per heavy atom. The Balaban J connectivity index is 1.69. The zero-order chi connectivity index (χ0) is 19.5. The lowest BCUT2D eigenvalue weighted by Gasteiger charge is -2.32. The van der Waals surface area contributed by atoms with Gasteiger partial charge in [-0.2, -0.15) is 5.10 Å². The van der Waals surface area contributed by atoms with Crippen molar-refractivity contribution in [1.82, 2.24) is 14.8 Å². The number of hydrogen-bond donors (Lipinski definition) is 1. The first kappa shape index (κ1) is 18.8. The van der Waals surface area contributed by atoms with Gasteiger partial charge in [0.1, 0.15) is 5.82 Å². The maximum atomic E-state index is 6.24. The van der Waals surface area contributed by atoms with Crippen LogP contribution in [0.15, 0.2) is 54.6 Å². The third-order valence-electron chi connectivity index (χ3n) is 5.66. The molecule has 0 spiro atoms. The van der Waals surface area contributed by atoms with Gasteiger partial charge in [0.05, 0.1) is 12.6 Å². The second-order valence-electron chi connectivity index (χ2n) is 7.75. The van der Waals surface area contributed by atoms with Gasteiger partial charge in [0, 0.05) is 24.6 Å². The Hall–Kier alpha value is -2.50. The third kappa shape index (κ3) is 4.01. The molecule has 1 heterocycles. The fourth-order valence-corrected chi connectivity index (χ4v) is 4.12. The number of hydrogen-bond acceptors (Lipinski definition) is 4. The first-order chi connectivity index (χ1) is 13.6. The molecule has 0 unspecified atom stereocenters. The minimum Gasteiger partial charge on any atom is -0.380 e. The predicted octanol–water partition coefficient (Wildman–Crippen LogP) is 3.91.